The Morgan fingerprint density at radius 2 is 2.00 bits per heavy atom. The van der Waals surface area contributed by atoms with Gasteiger partial charge in [-0.05, 0) is 18.3 Å². The lowest BCUT2D eigenvalue weighted by atomic mass is 9.77. The van der Waals surface area contributed by atoms with E-state index < -0.39 is 11.9 Å². The molecule has 12 heavy (non-hydrogen) atoms. The molecule has 0 aromatic rings. The van der Waals surface area contributed by atoms with E-state index in [9.17, 15) is 13.6 Å². The molecule has 2 unspecified atom stereocenters. The fourth-order valence-electron chi connectivity index (χ4n) is 2.03. The molecular weight excluding hydrogens is 166 g/mol. The SMILES string of the molecule is O=C(O)C1CC1C1CC(F)(F)C1. The molecule has 0 bridgehead atoms. The number of carbonyl (C=O) groups is 1. The Bertz CT molecular complexity index is 219. The summed E-state index contributed by atoms with van der Waals surface area (Å²) < 4.78 is 24.7. The van der Waals surface area contributed by atoms with Crippen LogP contribution in [-0.4, -0.2) is 17.0 Å². The minimum atomic E-state index is -2.50. The molecule has 0 aliphatic heterocycles. The van der Waals surface area contributed by atoms with Crippen LogP contribution in [0, 0.1) is 17.8 Å². The van der Waals surface area contributed by atoms with Gasteiger partial charge in [0.1, 0.15) is 0 Å². The Balaban J connectivity index is 1.81. The van der Waals surface area contributed by atoms with Gasteiger partial charge in [0.15, 0.2) is 0 Å². The Morgan fingerprint density at radius 3 is 2.33 bits per heavy atom. The van der Waals surface area contributed by atoms with Crippen LogP contribution in [0.3, 0.4) is 0 Å². The van der Waals surface area contributed by atoms with Crippen molar-refractivity contribution in [3.8, 4) is 0 Å². The molecular formula is C8H10F2O2. The zero-order valence-electron chi connectivity index (χ0n) is 6.46. The van der Waals surface area contributed by atoms with Gasteiger partial charge in [-0.2, -0.15) is 0 Å². The number of rotatable bonds is 2. The minimum Gasteiger partial charge on any atom is -0.481 e. The van der Waals surface area contributed by atoms with Crippen molar-refractivity contribution in [2.75, 3.05) is 0 Å². The summed E-state index contributed by atoms with van der Waals surface area (Å²) in [5.74, 6) is -3.64. The first-order valence-electron chi connectivity index (χ1n) is 4.10. The topological polar surface area (TPSA) is 37.3 Å². The Hall–Kier alpha value is -0.670. The highest BCUT2D eigenvalue weighted by molar-refractivity contribution is 5.73. The summed E-state index contributed by atoms with van der Waals surface area (Å²) in [4.78, 5) is 10.4. The summed E-state index contributed by atoms with van der Waals surface area (Å²) >= 11 is 0. The molecule has 0 saturated heterocycles. The maximum Gasteiger partial charge on any atom is 0.306 e. The van der Waals surface area contributed by atoms with Crippen LogP contribution in [0.2, 0.25) is 0 Å². The van der Waals surface area contributed by atoms with Gasteiger partial charge >= 0.3 is 5.97 Å². The van der Waals surface area contributed by atoms with Gasteiger partial charge in [0.05, 0.1) is 5.92 Å². The first kappa shape index (κ1) is 7.95. The molecule has 0 aromatic carbocycles. The summed E-state index contributed by atoms with van der Waals surface area (Å²) in [5, 5.41) is 8.53. The molecule has 0 radical (unpaired) electrons. The molecule has 68 valence electrons. The second kappa shape index (κ2) is 2.18. The number of carboxylic acid groups (broad SMARTS) is 1. The molecule has 1 N–H and O–H groups in total. The highest BCUT2D eigenvalue weighted by Crippen LogP contribution is 2.56. The maximum atomic E-state index is 12.4. The summed E-state index contributed by atoms with van der Waals surface area (Å²) in [6.07, 6.45) is 0.416. The summed E-state index contributed by atoms with van der Waals surface area (Å²) in [6.45, 7) is 0. The van der Waals surface area contributed by atoms with Gasteiger partial charge in [-0.3, -0.25) is 4.79 Å². The predicted molar refractivity (Wildman–Crippen MR) is 36.9 cm³/mol. The minimum absolute atomic E-state index is 0.0268. The molecule has 0 amide bonds. The van der Waals surface area contributed by atoms with Crippen LogP contribution < -0.4 is 0 Å². The fraction of sp³-hybridized carbons (Fsp3) is 0.875. The van der Waals surface area contributed by atoms with Crippen LogP contribution in [0.4, 0.5) is 8.78 Å². The lowest BCUT2D eigenvalue weighted by molar-refractivity contribution is -0.142. The van der Waals surface area contributed by atoms with Crippen molar-refractivity contribution in [3.05, 3.63) is 0 Å². The van der Waals surface area contributed by atoms with Crippen molar-refractivity contribution >= 4 is 5.97 Å². The third-order valence-electron chi connectivity index (χ3n) is 2.88. The molecule has 4 heteroatoms. The molecule has 2 rings (SSSR count). The standard InChI is InChI=1S/C8H10F2O2/c9-8(10)2-4(3-8)5-1-6(5)7(11)12/h4-6H,1-3H2,(H,11,12). The molecule has 2 nitrogen and oxygen atoms in total. The number of halogens is 2. The molecule has 0 heterocycles. The van der Waals surface area contributed by atoms with E-state index in [-0.39, 0.29) is 30.6 Å². The molecule has 2 aliphatic rings. The van der Waals surface area contributed by atoms with Crippen molar-refractivity contribution in [1.29, 1.82) is 0 Å². The molecule has 0 aromatic heterocycles. The number of aliphatic carboxylic acids is 1. The number of carboxylic acids is 1. The van der Waals surface area contributed by atoms with Crippen LogP contribution in [0.25, 0.3) is 0 Å². The van der Waals surface area contributed by atoms with Gasteiger partial charge in [0, 0.05) is 12.8 Å². The zero-order chi connectivity index (χ0) is 8.93. The van der Waals surface area contributed by atoms with Crippen molar-refractivity contribution in [3.63, 3.8) is 0 Å². The first-order chi connectivity index (χ1) is 5.49. The quantitative estimate of drug-likeness (QED) is 0.695. The van der Waals surface area contributed by atoms with Crippen LogP contribution in [0.15, 0.2) is 0 Å². The van der Waals surface area contributed by atoms with E-state index in [1.54, 1.807) is 0 Å². The average molecular weight is 176 g/mol. The lowest BCUT2D eigenvalue weighted by Crippen LogP contribution is -2.37. The van der Waals surface area contributed by atoms with Crippen molar-refractivity contribution < 1.29 is 18.7 Å². The van der Waals surface area contributed by atoms with Crippen molar-refractivity contribution in [1.82, 2.24) is 0 Å². The highest BCUT2D eigenvalue weighted by atomic mass is 19.3. The second-order valence-corrected chi connectivity index (χ2v) is 3.87. The summed E-state index contributed by atoms with van der Waals surface area (Å²) in [7, 11) is 0. The van der Waals surface area contributed by atoms with E-state index in [2.05, 4.69) is 0 Å². The predicted octanol–water partition coefficient (Wildman–Crippen LogP) is 1.75. The zero-order valence-corrected chi connectivity index (χ0v) is 6.46. The number of alkyl halides is 2. The van der Waals surface area contributed by atoms with E-state index in [1.807, 2.05) is 0 Å². The van der Waals surface area contributed by atoms with E-state index >= 15 is 0 Å². The monoisotopic (exact) mass is 176 g/mol. The van der Waals surface area contributed by atoms with Gasteiger partial charge in [-0.15, -0.1) is 0 Å². The average Bonchev–Trinajstić information content (AvgIpc) is 2.59. The van der Waals surface area contributed by atoms with E-state index in [0.717, 1.165) is 0 Å². The van der Waals surface area contributed by atoms with Gasteiger partial charge in [0.2, 0.25) is 5.92 Å². The number of hydrogen-bond acceptors (Lipinski definition) is 1. The Morgan fingerprint density at radius 1 is 1.42 bits per heavy atom. The summed E-state index contributed by atoms with van der Waals surface area (Å²) in [6, 6.07) is 0. The van der Waals surface area contributed by atoms with Crippen LogP contribution in [-0.2, 0) is 4.79 Å². The largest absolute Gasteiger partial charge is 0.481 e. The number of hydrogen-bond donors (Lipinski definition) is 1. The van der Waals surface area contributed by atoms with Gasteiger partial charge < -0.3 is 5.11 Å². The Kier molecular flexibility index (Phi) is 1.44. The second-order valence-electron chi connectivity index (χ2n) is 3.87. The van der Waals surface area contributed by atoms with Crippen molar-refractivity contribution in [2.24, 2.45) is 17.8 Å². The smallest absolute Gasteiger partial charge is 0.306 e. The maximum absolute atomic E-state index is 12.4. The molecule has 0 spiro atoms. The molecule has 2 atom stereocenters. The van der Waals surface area contributed by atoms with E-state index in [1.165, 1.54) is 0 Å². The third-order valence-corrected chi connectivity index (χ3v) is 2.88. The van der Waals surface area contributed by atoms with E-state index in [0.29, 0.717) is 6.42 Å². The molecule has 2 saturated carbocycles. The van der Waals surface area contributed by atoms with Gasteiger partial charge in [-0.25, -0.2) is 8.78 Å². The summed E-state index contributed by atoms with van der Waals surface area (Å²) in [5.41, 5.74) is 0. The first-order valence-corrected chi connectivity index (χ1v) is 4.10. The fourth-order valence-corrected chi connectivity index (χ4v) is 2.03. The lowest BCUT2D eigenvalue weighted by Gasteiger charge is -2.35. The highest BCUT2D eigenvalue weighted by Gasteiger charge is 2.57. The third kappa shape index (κ3) is 1.19. The molecule has 2 fully saturated rings. The van der Waals surface area contributed by atoms with E-state index in [4.69, 9.17) is 5.11 Å². The molecule has 2 aliphatic carbocycles. The van der Waals surface area contributed by atoms with Crippen molar-refractivity contribution in [2.45, 2.75) is 25.2 Å². The Labute approximate surface area is 68.6 Å². The van der Waals surface area contributed by atoms with Gasteiger partial charge in [0.25, 0.3) is 0 Å². The van der Waals surface area contributed by atoms with Crippen LogP contribution in [0.1, 0.15) is 19.3 Å². The van der Waals surface area contributed by atoms with Gasteiger partial charge in [-0.1, -0.05) is 0 Å². The van der Waals surface area contributed by atoms with Crippen LogP contribution >= 0.6 is 0 Å². The normalized spacial score (nSPS) is 38.8. The van der Waals surface area contributed by atoms with Crippen LogP contribution in [0.5, 0.6) is 0 Å².